The van der Waals surface area contributed by atoms with Crippen LogP contribution in [0.15, 0.2) is 17.5 Å². The highest BCUT2D eigenvalue weighted by Gasteiger charge is 2.29. The van der Waals surface area contributed by atoms with Crippen LogP contribution in [0, 0.1) is 5.92 Å². The minimum Gasteiger partial charge on any atom is -0.350 e. The number of nitrogens with two attached hydrogens (primary N) is 1. The number of nitrogens with one attached hydrogen (secondary N) is 1. The van der Waals surface area contributed by atoms with Gasteiger partial charge in [-0.15, -0.1) is 11.3 Å². The lowest BCUT2D eigenvalue weighted by molar-refractivity contribution is 0.0783. The fourth-order valence-electron chi connectivity index (χ4n) is 2.62. The Morgan fingerprint density at radius 2 is 2.35 bits per heavy atom. The summed E-state index contributed by atoms with van der Waals surface area (Å²) in [5.74, 6) is -0.202. The first kappa shape index (κ1) is 13.6. The molecule has 20 heavy (non-hydrogen) atoms. The third-order valence-corrected chi connectivity index (χ3v) is 5.31. The maximum Gasteiger partial charge on any atom is 0.270 e. The number of H-pyrrole nitrogens is 1. The van der Waals surface area contributed by atoms with Gasteiger partial charge in [0.15, 0.2) is 0 Å². The second kappa shape index (κ2) is 4.87. The fraction of sp³-hybridized carbons (Fsp3) is 0.417. The first-order valence-electron chi connectivity index (χ1n) is 6.28. The van der Waals surface area contributed by atoms with E-state index in [-0.39, 0.29) is 17.6 Å². The highest BCUT2D eigenvalue weighted by atomic mass is 32.2. The van der Waals surface area contributed by atoms with Crippen LogP contribution in [0.5, 0.6) is 0 Å². The van der Waals surface area contributed by atoms with Crippen molar-refractivity contribution in [2.24, 2.45) is 11.1 Å². The molecule has 108 valence electrons. The van der Waals surface area contributed by atoms with E-state index < -0.39 is 10.0 Å². The summed E-state index contributed by atoms with van der Waals surface area (Å²) in [5.41, 5.74) is 1.52. The number of nitrogens with zero attached hydrogens (tertiary/aromatic N) is 1. The molecule has 3 heterocycles. The number of primary sulfonamides is 1. The summed E-state index contributed by atoms with van der Waals surface area (Å²) >= 11 is 1.58. The van der Waals surface area contributed by atoms with E-state index in [9.17, 15) is 13.2 Å². The average Bonchev–Trinajstić information content (AvgIpc) is 2.98. The van der Waals surface area contributed by atoms with Crippen LogP contribution in [0.25, 0.3) is 10.2 Å². The topological polar surface area (TPSA) is 96.3 Å². The molecular weight excluding hydrogens is 298 g/mol. The molecule has 0 aliphatic carbocycles. The van der Waals surface area contributed by atoms with Crippen LogP contribution in [-0.4, -0.2) is 43.1 Å². The van der Waals surface area contributed by atoms with Crippen molar-refractivity contribution in [1.29, 1.82) is 0 Å². The number of rotatable bonds is 3. The van der Waals surface area contributed by atoms with Crippen LogP contribution in [0.4, 0.5) is 0 Å². The Bertz CT molecular complexity index is 718. The van der Waals surface area contributed by atoms with Crippen molar-refractivity contribution in [3.63, 3.8) is 0 Å². The lowest BCUT2D eigenvalue weighted by Crippen LogP contribution is -2.31. The van der Waals surface area contributed by atoms with Gasteiger partial charge in [0.05, 0.1) is 16.0 Å². The van der Waals surface area contributed by atoms with Gasteiger partial charge < -0.3 is 9.88 Å². The van der Waals surface area contributed by atoms with Crippen LogP contribution >= 0.6 is 11.3 Å². The zero-order valence-electron chi connectivity index (χ0n) is 10.7. The molecule has 1 saturated heterocycles. The number of carbonyl (C=O) groups is 1. The van der Waals surface area contributed by atoms with Crippen molar-refractivity contribution < 1.29 is 13.2 Å². The zero-order valence-corrected chi connectivity index (χ0v) is 12.3. The number of hydrogen-bond acceptors (Lipinski definition) is 4. The monoisotopic (exact) mass is 313 g/mol. The average molecular weight is 313 g/mol. The molecule has 0 aromatic carbocycles. The van der Waals surface area contributed by atoms with Gasteiger partial charge in [0.25, 0.3) is 5.91 Å². The molecule has 3 rings (SSSR count). The molecule has 1 atom stereocenters. The Morgan fingerprint density at radius 1 is 1.55 bits per heavy atom. The maximum atomic E-state index is 12.3. The molecule has 8 heteroatoms. The molecule has 2 aromatic rings. The van der Waals surface area contributed by atoms with Crippen LogP contribution in [0.3, 0.4) is 0 Å². The van der Waals surface area contributed by atoms with Crippen molar-refractivity contribution >= 4 is 37.5 Å². The third kappa shape index (κ3) is 2.72. The summed E-state index contributed by atoms with van der Waals surface area (Å²) in [4.78, 5) is 17.1. The van der Waals surface area contributed by atoms with Crippen molar-refractivity contribution in [1.82, 2.24) is 9.88 Å². The van der Waals surface area contributed by atoms with Gasteiger partial charge in [0.2, 0.25) is 10.0 Å². The third-order valence-electron chi connectivity index (χ3n) is 3.51. The van der Waals surface area contributed by atoms with E-state index in [1.807, 2.05) is 17.5 Å². The predicted octanol–water partition coefficient (Wildman–Crippen LogP) is 0.980. The van der Waals surface area contributed by atoms with E-state index in [1.54, 1.807) is 16.2 Å². The molecule has 2 aromatic heterocycles. The smallest absolute Gasteiger partial charge is 0.270 e. The Kier molecular flexibility index (Phi) is 3.31. The molecule has 1 aliphatic heterocycles. The molecule has 1 aliphatic rings. The number of aromatic nitrogens is 1. The molecule has 1 fully saturated rings. The minimum atomic E-state index is -3.48. The number of aromatic amines is 1. The Balaban J connectivity index is 1.71. The van der Waals surface area contributed by atoms with Gasteiger partial charge in [0.1, 0.15) is 5.69 Å². The van der Waals surface area contributed by atoms with Crippen molar-refractivity contribution in [3.8, 4) is 0 Å². The van der Waals surface area contributed by atoms with Gasteiger partial charge in [-0.1, -0.05) is 0 Å². The zero-order chi connectivity index (χ0) is 14.3. The standard InChI is InChI=1S/C12H15N3O3S2/c13-20(17,18)7-8-1-3-15(6-8)12(16)10-5-11-9(14-10)2-4-19-11/h2,4-5,8,14H,1,3,6-7H2,(H2,13,17,18). The summed E-state index contributed by atoms with van der Waals surface area (Å²) in [6, 6.07) is 3.78. The van der Waals surface area contributed by atoms with E-state index in [4.69, 9.17) is 5.14 Å². The Morgan fingerprint density at radius 3 is 3.05 bits per heavy atom. The number of fused-ring (bicyclic) bond motifs is 1. The van der Waals surface area contributed by atoms with Gasteiger partial charge in [-0.05, 0) is 29.9 Å². The van der Waals surface area contributed by atoms with Crippen LogP contribution in [0.2, 0.25) is 0 Å². The van der Waals surface area contributed by atoms with Gasteiger partial charge in [-0.3, -0.25) is 4.79 Å². The van der Waals surface area contributed by atoms with E-state index in [1.165, 1.54) is 0 Å². The summed E-state index contributed by atoms with van der Waals surface area (Å²) < 4.78 is 23.2. The van der Waals surface area contributed by atoms with E-state index in [2.05, 4.69) is 4.98 Å². The number of carbonyl (C=O) groups excluding carboxylic acids is 1. The second-order valence-electron chi connectivity index (χ2n) is 5.12. The molecule has 0 saturated carbocycles. The fourth-order valence-corrected chi connectivity index (χ4v) is 4.33. The van der Waals surface area contributed by atoms with Gasteiger partial charge in [0, 0.05) is 13.1 Å². The Hall–Kier alpha value is -1.38. The van der Waals surface area contributed by atoms with Gasteiger partial charge in [-0.25, -0.2) is 13.6 Å². The quantitative estimate of drug-likeness (QED) is 0.884. The minimum absolute atomic E-state index is 0.0589. The van der Waals surface area contributed by atoms with Crippen LogP contribution in [-0.2, 0) is 10.0 Å². The SMILES string of the molecule is NS(=O)(=O)CC1CCN(C(=O)c2cc3sccc3[nH]2)C1. The molecule has 0 radical (unpaired) electrons. The molecule has 1 unspecified atom stereocenters. The molecule has 0 spiro atoms. The molecule has 6 nitrogen and oxygen atoms in total. The predicted molar refractivity (Wildman–Crippen MR) is 78.2 cm³/mol. The summed E-state index contributed by atoms with van der Waals surface area (Å²) in [6.07, 6.45) is 0.678. The van der Waals surface area contributed by atoms with Crippen molar-refractivity contribution in [2.45, 2.75) is 6.42 Å². The van der Waals surface area contributed by atoms with Gasteiger partial charge >= 0.3 is 0 Å². The lowest BCUT2D eigenvalue weighted by Gasteiger charge is -2.15. The van der Waals surface area contributed by atoms with Gasteiger partial charge in [-0.2, -0.15) is 0 Å². The van der Waals surface area contributed by atoms with E-state index in [0.29, 0.717) is 25.2 Å². The molecule has 3 N–H and O–H groups in total. The number of sulfonamides is 1. The largest absolute Gasteiger partial charge is 0.350 e. The summed E-state index contributed by atoms with van der Waals surface area (Å²) in [6.45, 7) is 1.02. The maximum absolute atomic E-state index is 12.3. The number of hydrogen-bond donors (Lipinski definition) is 2. The Labute approximate surface area is 120 Å². The summed E-state index contributed by atoms with van der Waals surface area (Å²) in [7, 11) is -3.48. The molecular formula is C12H15N3O3S2. The normalized spacial score (nSPS) is 19.9. The number of likely N-dealkylation sites (tertiary alicyclic amines) is 1. The molecule has 1 amide bonds. The van der Waals surface area contributed by atoms with E-state index in [0.717, 1.165) is 10.2 Å². The highest BCUT2D eigenvalue weighted by molar-refractivity contribution is 7.89. The van der Waals surface area contributed by atoms with Crippen LogP contribution in [0.1, 0.15) is 16.9 Å². The molecule has 0 bridgehead atoms. The van der Waals surface area contributed by atoms with Crippen molar-refractivity contribution in [3.05, 3.63) is 23.2 Å². The van der Waals surface area contributed by atoms with Crippen LogP contribution < -0.4 is 5.14 Å². The second-order valence-corrected chi connectivity index (χ2v) is 7.72. The first-order valence-corrected chi connectivity index (χ1v) is 8.88. The summed E-state index contributed by atoms with van der Waals surface area (Å²) in [5, 5.41) is 7.01. The van der Waals surface area contributed by atoms with Crippen molar-refractivity contribution in [2.75, 3.05) is 18.8 Å². The first-order chi connectivity index (χ1) is 9.42. The number of amides is 1. The highest BCUT2D eigenvalue weighted by Crippen LogP contribution is 2.24. The lowest BCUT2D eigenvalue weighted by atomic mass is 10.2. The number of thiophene rings is 1. The van der Waals surface area contributed by atoms with E-state index >= 15 is 0 Å².